The van der Waals surface area contributed by atoms with Gasteiger partial charge in [0.25, 0.3) is 0 Å². The number of hydrogen-bond acceptors (Lipinski definition) is 4. The molecule has 0 fully saturated rings. The molecule has 3 aromatic heterocycles. The Morgan fingerprint density at radius 3 is 2.56 bits per heavy atom. The summed E-state index contributed by atoms with van der Waals surface area (Å²) in [6.45, 7) is 2.02. The van der Waals surface area contributed by atoms with Gasteiger partial charge in [0.15, 0.2) is 0 Å². The smallest absolute Gasteiger partial charge is 0.126 e. The maximum absolute atomic E-state index is 6.44. The summed E-state index contributed by atoms with van der Waals surface area (Å²) in [6.07, 6.45) is 7.94. The van der Waals surface area contributed by atoms with Crippen molar-refractivity contribution < 1.29 is 0 Å². The third-order valence-corrected chi connectivity index (χ3v) is 4.73. The second kappa shape index (κ2) is 7.17. The van der Waals surface area contributed by atoms with Crippen molar-refractivity contribution >= 4 is 0 Å². The van der Waals surface area contributed by atoms with Crippen LogP contribution in [0.5, 0.6) is 0 Å². The van der Waals surface area contributed by atoms with E-state index >= 15 is 0 Å². The van der Waals surface area contributed by atoms with Gasteiger partial charge < -0.3 is 14.9 Å². The molecule has 0 aliphatic carbocycles. The van der Waals surface area contributed by atoms with Gasteiger partial charge in [-0.2, -0.15) is 0 Å². The van der Waals surface area contributed by atoms with Crippen molar-refractivity contribution in [2.45, 2.75) is 19.4 Å². The number of hydrogen-bond donors (Lipinski definition) is 1. The Hall–Kier alpha value is -3.25. The second-order valence-corrected chi connectivity index (χ2v) is 6.61. The molecule has 0 amide bonds. The largest absolute Gasteiger partial charge is 0.330 e. The van der Waals surface area contributed by atoms with Crippen molar-refractivity contribution in [3.05, 3.63) is 84.6 Å². The van der Waals surface area contributed by atoms with Crippen molar-refractivity contribution in [2.75, 3.05) is 0 Å². The van der Waals surface area contributed by atoms with E-state index in [0.29, 0.717) is 6.42 Å². The molecule has 0 spiro atoms. The molecule has 2 N–H and O–H groups in total. The van der Waals surface area contributed by atoms with Crippen molar-refractivity contribution in [1.82, 2.24) is 24.1 Å². The number of nitrogens with zero attached hydrogens (tertiary/aromatic N) is 5. The lowest BCUT2D eigenvalue weighted by Crippen LogP contribution is -2.18. The average molecular weight is 358 g/mol. The number of aromatic nitrogens is 5. The van der Waals surface area contributed by atoms with Crippen LogP contribution in [0.3, 0.4) is 0 Å². The molecule has 6 heteroatoms. The van der Waals surface area contributed by atoms with Crippen LogP contribution < -0.4 is 5.73 Å². The van der Waals surface area contributed by atoms with Crippen LogP contribution in [0.15, 0.2) is 67.4 Å². The Bertz CT molecular complexity index is 1020. The highest BCUT2D eigenvalue weighted by Gasteiger charge is 2.19. The summed E-state index contributed by atoms with van der Waals surface area (Å²) >= 11 is 0. The van der Waals surface area contributed by atoms with Gasteiger partial charge in [0.05, 0.1) is 23.8 Å². The van der Waals surface area contributed by atoms with Gasteiger partial charge in [0, 0.05) is 49.0 Å². The molecule has 6 nitrogen and oxygen atoms in total. The summed E-state index contributed by atoms with van der Waals surface area (Å²) in [5.74, 6) is 0.867. The topological polar surface area (TPSA) is 74.5 Å². The molecular formula is C21H22N6. The van der Waals surface area contributed by atoms with Crippen LogP contribution in [-0.4, -0.2) is 24.1 Å². The molecule has 1 aromatic carbocycles. The van der Waals surface area contributed by atoms with Crippen molar-refractivity contribution in [3.8, 4) is 16.9 Å². The van der Waals surface area contributed by atoms with Gasteiger partial charge in [-0.05, 0) is 31.2 Å². The molecule has 1 atom stereocenters. The maximum Gasteiger partial charge on any atom is 0.126 e. The minimum atomic E-state index is -0.206. The van der Waals surface area contributed by atoms with Gasteiger partial charge in [-0.3, -0.25) is 4.98 Å². The number of aryl methyl sites for hydroxylation is 1. The van der Waals surface area contributed by atoms with Gasteiger partial charge in [0.1, 0.15) is 5.82 Å². The van der Waals surface area contributed by atoms with E-state index in [1.54, 1.807) is 18.7 Å². The Balaban J connectivity index is 1.62. The van der Waals surface area contributed by atoms with E-state index in [0.717, 1.165) is 34.2 Å². The van der Waals surface area contributed by atoms with Crippen LogP contribution in [0.2, 0.25) is 0 Å². The molecule has 136 valence electrons. The molecule has 0 unspecified atom stereocenters. The molecule has 4 rings (SSSR count). The highest BCUT2D eigenvalue weighted by Crippen LogP contribution is 2.27. The lowest BCUT2D eigenvalue weighted by Gasteiger charge is -2.13. The summed E-state index contributed by atoms with van der Waals surface area (Å²) < 4.78 is 4.07. The lowest BCUT2D eigenvalue weighted by molar-refractivity contribution is 0.625. The standard InChI is InChI=1S/C21H22N6/c1-15-20(16-6-8-18(9-7-16)27-12-11-23-14-27)26(2)21(25-15)19(22)13-17-5-3-4-10-24-17/h3-12,14,19H,13,22H2,1-2H3/t19-/m0/s1. The number of pyridine rings is 1. The molecule has 0 saturated carbocycles. The Morgan fingerprint density at radius 1 is 1.07 bits per heavy atom. The molecule has 0 bridgehead atoms. The van der Waals surface area contributed by atoms with Crippen molar-refractivity contribution in [2.24, 2.45) is 12.8 Å². The van der Waals surface area contributed by atoms with E-state index in [1.165, 1.54) is 0 Å². The third-order valence-electron chi connectivity index (χ3n) is 4.73. The van der Waals surface area contributed by atoms with Gasteiger partial charge in [-0.25, -0.2) is 9.97 Å². The molecule has 4 aromatic rings. The molecule has 27 heavy (non-hydrogen) atoms. The Morgan fingerprint density at radius 2 is 1.89 bits per heavy atom. The first kappa shape index (κ1) is 17.2. The first-order chi connectivity index (χ1) is 13.1. The Kier molecular flexibility index (Phi) is 4.56. The fourth-order valence-corrected chi connectivity index (χ4v) is 3.43. The van der Waals surface area contributed by atoms with E-state index in [1.807, 2.05) is 42.9 Å². The van der Waals surface area contributed by atoms with Crippen LogP contribution in [0, 0.1) is 6.92 Å². The van der Waals surface area contributed by atoms with E-state index in [9.17, 15) is 0 Å². The Labute approximate surface area is 158 Å². The first-order valence-corrected chi connectivity index (χ1v) is 8.91. The van der Waals surface area contributed by atoms with Crippen LogP contribution in [0.1, 0.15) is 23.3 Å². The molecule has 0 radical (unpaired) electrons. The SMILES string of the molecule is Cc1nc([C@@H](N)Cc2ccccn2)n(C)c1-c1ccc(-n2ccnc2)cc1. The van der Waals surface area contributed by atoms with Crippen LogP contribution in [0.25, 0.3) is 16.9 Å². The van der Waals surface area contributed by atoms with Gasteiger partial charge >= 0.3 is 0 Å². The lowest BCUT2D eigenvalue weighted by atomic mass is 10.1. The first-order valence-electron chi connectivity index (χ1n) is 8.91. The van der Waals surface area contributed by atoms with E-state index in [-0.39, 0.29) is 6.04 Å². The minimum Gasteiger partial charge on any atom is -0.330 e. The average Bonchev–Trinajstić information content (AvgIpc) is 3.31. The van der Waals surface area contributed by atoms with Crippen LogP contribution in [-0.2, 0) is 13.5 Å². The van der Waals surface area contributed by atoms with E-state index < -0.39 is 0 Å². The van der Waals surface area contributed by atoms with E-state index in [4.69, 9.17) is 10.7 Å². The van der Waals surface area contributed by atoms with E-state index in [2.05, 4.69) is 38.8 Å². The number of nitrogens with two attached hydrogens (primary N) is 1. The predicted octanol–water partition coefficient (Wildman–Crippen LogP) is 3.22. The molecular weight excluding hydrogens is 336 g/mol. The fraction of sp³-hybridized carbons (Fsp3) is 0.190. The van der Waals surface area contributed by atoms with Gasteiger partial charge in [-0.15, -0.1) is 0 Å². The van der Waals surface area contributed by atoms with Gasteiger partial charge in [0.2, 0.25) is 0 Å². The maximum atomic E-state index is 6.44. The van der Waals surface area contributed by atoms with Crippen molar-refractivity contribution in [3.63, 3.8) is 0 Å². The zero-order valence-electron chi connectivity index (χ0n) is 15.4. The quantitative estimate of drug-likeness (QED) is 0.594. The summed E-state index contributed by atoms with van der Waals surface area (Å²) in [5, 5.41) is 0. The molecule has 3 heterocycles. The molecule has 0 aliphatic heterocycles. The van der Waals surface area contributed by atoms with Crippen LogP contribution >= 0.6 is 0 Å². The predicted molar refractivity (Wildman–Crippen MR) is 105 cm³/mol. The van der Waals surface area contributed by atoms with Crippen LogP contribution in [0.4, 0.5) is 0 Å². The normalized spacial score (nSPS) is 12.3. The summed E-state index contributed by atoms with van der Waals surface area (Å²) in [5.41, 5.74) is 11.7. The zero-order chi connectivity index (χ0) is 18.8. The highest BCUT2D eigenvalue weighted by molar-refractivity contribution is 5.64. The monoisotopic (exact) mass is 358 g/mol. The molecule has 0 saturated heterocycles. The minimum absolute atomic E-state index is 0.206. The van der Waals surface area contributed by atoms with Crippen molar-refractivity contribution in [1.29, 1.82) is 0 Å². The number of benzene rings is 1. The fourth-order valence-electron chi connectivity index (χ4n) is 3.43. The number of rotatable bonds is 5. The second-order valence-electron chi connectivity index (χ2n) is 6.61. The summed E-state index contributed by atoms with van der Waals surface area (Å²) in [7, 11) is 2.02. The number of imidazole rings is 2. The highest BCUT2D eigenvalue weighted by atomic mass is 15.1. The molecule has 0 aliphatic rings. The third kappa shape index (κ3) is 3.39. The summed E-state index contributed by atoms with van der Waals surface area (Å²) in [4.78, 5) is 13.2. The summed E-state index contributed by atoms with van der Waals surface area (Å²) in [6, 6.07) is 14.0. The van der Waals surface area contributed by atoms with Gasteiger partial charge in [-0.1, -0.05) is 18.2 Å². The zero-order valence-corrected chi connectivity index (χ0v) is 15.4.